The summed E-state index contributed by atoms with van der Waals surface area (Å²) in [5, 5.41) is 9.59. The maximum Gasteiger partial charge on any atom is 0.131 e. The molecule has 0 aromatic carbocycles. The van der Waals surface area contributed by atoms with Crippen molar-refractivity contribution in [3.63, 3.8) is 0 Å². The molecule has 2 aliphatic rings. The van der Waals surface area contributed by atoms with Gasteiger partial charge in [-0.05, 0) is 44.9 Å². The van der Waals surface area contributed by atoms with Crippen LogP contribution in [0, 0.1) is 18.8 Å². The quantitative estimate of drug-likeness (QED) is 0.852. The van der Waals surface area contributed by atoms with Crippen molar-refractivity contribution in [3.05, 3.63) is 23.3 Å². The summed E-state index contributed by atoms with van der Waals surface area (Å²) in [6.45, 7) is 3.74. The van der Waals surface area contributed by atoms with Crippen LogP contribution in [0.15, 0.2) is 6.20 Å². The van der Waals surface area contributed by atoms with Gasteiger partial charge in [0, 0.05) is 23.4 Å². The van der Waals surface area contributed by atoms with Crippen molar-refractivity contribution in [2.45, 2.75) is 51.6 Å². The summed E-state index contributed by atoms with van der Waals surface area (Å²) in [6.07, 6.45) is 6.77. The van der Waals surface area contributed by atoms with E-state index in [2.05, 4.69) is 9.97 Å². The molecule has 1 N–H and O–H groups in total. The third-order valence-corrected chi connectivity index (χ3v) is 4.56. The van der Waals surface area contributed by atoms with Gasteiger partial charge in [0.2, 0.25) is 0 Å². The van der Waals surface area contributed by atoms with Crippen LogP contribution in [0.1, 0.15) is 61.7 Å². The molecule has 2 saturated carbocycles. The molecule has 3 nitrogen and oxygen atoms in total. The van der Waals surface area contributed by atoms with Crippen molar-refractivity contribution < 1.29 is 5.11 Å². The smallest absolute Gasteiger partial charge is 0.131 e. The number of aliphatic hydroxyl groups is 1. The van der Waals surface area contributed by atoms with E-state index < -0.39 is 6.10 Å². The van der Waals surface area contributed by atoms with Crippen LogP contribution in [0.4, 0.5) is 0 Å². The molecular weight excluding hydrogens is 212 g/mol. The van der Waals surface area contributed by atoms with Gasteiger partial charge in [-0.15, -0.1) is 0 Å². The van der Waals surface area contributed by atoms with Crippen molar-refractivity contribution in [1.29, 1.82) is 0 Å². The second kappa shape index (κ2) is 4.05. The zero-order valence-electron chi connectivity index (χ0n) is 10.6. The van der Waals surface area contributed by atoms with Crippen LogP contribution in [0.5, 0.6) is 0 Å². The van der Waals surface area contributed by atoms with E-state index in [1.165, 1.54) is 25.7 Å². The van der Waals surface area contributed by atoms with Crippen LogP contribution >= 0.6 is 0 Å². The van der Waals surface area contributed by atoms with Crippen LogP contribution in [0.25, 0.3) is 0 Å². The lowest BCUT2D eigenvalue weighted by Gasteiger charge is -2.21. The fourth-order valence-corrected chi connectivity index (χ4v) is 3.64. The minimum atomic E-state index is -0.468. The molecule has 17 heavy (non-hydrogen) atoms. The molecule has 1 aromatic heterocycles. The number of fused-ring (bicyclic) bond motifs is 2. The Kier molecular flexibility index (Phi) is 2.66. The van der Waals surface area contributed by atoms with Crippen molar-refractivity contribution in [2.75, 3.05) is 0 Å². The van der Waals surface area contributed by atoms with Crippen LogP contribution in [-0.2, 0) is 0 Å². The van der Waals surface area contributed by atoms with E-state index in [9.17, 15) is 5.11 Å². The SMILES string of the molecule is Cc1nc(C2CC3CCC2C3)ncc1[C@H](C)O. The highest BCUT2D eigenvalue weighted by atomic mass is 16.3. The number of rotatable bonds is 2. The molecule has 2 fully saturated rings. The van der Waals surface area contributed by atoms with Gasteiger partial charge in [-0.2, -0.15) is 0 Å². The lowest BCUT2D eigenvalue weighted by atomic mass is 9.88. The first-order valence-electron chi connectivity index (χ1n) is 6.66. The van der Waals surface area contributed by atoms with Gasteiger partial charge in [-0.25, -0.2) is 9.97 Å². The average molecular weight is 232 g/mol. The molecule has 3 rings (SSSR count). The third kappa shape index (κ3) is 1.86. The number of hydrogen-bond acceptors (Lipinski definition) is 3. The van der Waals surface area contributed by atoms with Crippen molar-refractivity contribution >= 4 is 0 Å². The highest BCUT2D eigenvalue weighted by Gasteiger charge is 2.41. The molecule has 3 unspecified atom stereocenters. The van der Waals surface area contributed by atoms with E-state index >= 15 is 0 Å². The molecule has 0 saturated heterocycles. The van der Waals surface area contributed by atoms with Crippen molar-refractivity contribution in [2.24, 2.45) is 11.8 Å². The highest BCUT2D eigenvalue weighted by molar-refractivity contribution is 5.20. The van der Waals surface area contributed by atoms with Crippen LogP contribution < -0.4 is 0 Å². The summed E-state index contributed by atoms with van der Waals surface area (Å²) >= 11 is 0. The lowest BCUT2D eigenvalue weighted by molar-refractivity contribution is 0.197. The first-order chi connectivity index (χ1) is 8.15. The summed E-state index contributed by atoms with van der Waals surface area (Å²) in [7, 11) is 0. The van der Waals surface area contributed by atoms with Gasteiger partial charge >= 0.3 is 0 Å². The maximum atomic E-state index is 9.59. The van der Waals surface area contributed by atoms with E-state index in [-0.39, 0.29) is 0 Å². The zero-order chi connectivity index (χ0) is 12.0. The lowest BCUT2D eigenvalue weighted by Crippen LogP contribution is -2.13. The summed E-state index contributed by atoms with van der Waals surface area (Å²) in [4.78, 5) is 9.11. The molecule has 1 aromatic rings. The molecule has 1 heterocycles. The van der Waals surface area contributed by atoms with Crippen LogP contribution in [0.2, 0.25) is 0 Å². The molecule has 0 amide bonds. The Morgan fingerprint density at radius 1 is 1.35 bits per heavy atom. The number of aliphatic hydroxyl groups excluding tert-OH is 1. The normalized spacial score (nSPS) is 33.0. The topological polar surface area (TPSA) is 46.0 Å². The molecule has 2 bridgehead atoms. The molecule has 92 valence electrons. The molecule has 2 aliphatic carbocycles. The molecule has 0 radical (unpaired) electrons. The Balaban J connectivity index is 1.87. The fraction of sp³-hybridized carbons (Fsp3) is 0.714. The van der Waals surface area contributed by atoms with Gasteiger partial charge < -0.3 is 5.11 Å². The van der Waals surface area contributed by atoms with E-state index in [0.717, 1.165) is 28.9 Å². The summed E-state index contributed by atoms with van der Waals surface area (Å²) in [5.41, 5.74) is 1.80. The van der Waals surface area contributed by atoms with E-state index in [1.54, 1.807) is 6.92 Å². The van der Waals surface area contributed by atoms with E-state index in [1.807, 2.05) is 13.1 Å². The second-order valence-electron chi connectivity index (χ2n) is 5.73. The maximum absolute atomic E-state index is 9.59. The van der Waals surface area contributed by atoms with Crippen molar-refractivity contribution in [3.8, 4) is 0 Å². The minimum absolute atomic E-state index is 0.468. The highest BCUT2D eigenvalue weighted by Crippen LogP contribution is 2.52. The zero-order valence-corrected chi connectivity index (χ0v) is 10.6. The predicted octanol–water partition coefficient (Wildman–Crippen LogP) is 2.74. The van der Waals surface area contributed by atoms with Crippen LogP contribution in [-0.4, -0.2) is 15.1 Å². The molecule has 3 heteroatoms. The standard InChI is InChI=1S/C14H20N2O/c1-8-13(9(2)17)7-15-14(16-8)12-6-10-3-4-11(12)5-10/h7,9-12,17H,3-6H2,1-2H3/t9-,10?,11?,12?/m0/s1. The Morgan fingerprint density at radius 3 is 2.71 bits per heavy atom. The first kappa shape index (κ1) is 11.1. The monoisotopic (exact) mass is 232 g/mol. The third-order valence-electron chi connectivity index (χ3n) is 4.56. The van der Waals surface area contributed by atoms with E-state index in [0.29, 0.717) is 5.92 Å². The largest absolute Gasteiger partial charge is 0.389 e. The number of hydrogen-bond donors (Lipinski definition) is 1. The number of aryl methyl sites for hydroxylation is 1. The van der Waals surface area contributed by atoms with Gasteiger partial charge in [-0.3, -0.25) is 0 Å². The Hall–Kier alpha value is -0.960. The first-order valence-corrected chi connectivity index (χ1v) is 6.66. The number of aromatic nitrogens is 2. The predicted molar refractivity (Wildman–Crippen MR) is 65.6 cm³/mol. The minimum Gasteiger partial charge on any atom is -0.389 e. The van der Waals surface area contributed by atoms with Crippen LogP contribution in [0.3, 0.4) is 0 Å². The molecule has 0 spiro atoms. The number of nitrogens with zero attached hydrogens (tertiary/aromatic N) is 2. The summed E-state index contributed by atoms with van der Waals surface area (Å²) < 4.78 is 0. The van der Waals surface area contributed by atoms with E-state index in [4.69, 9.17) is 0 Å². The Bertz CT molecular complexity index is 430. The molecular formula is C14H20N2O. The summed E-state index contributed by atoms with van der Waals surface area (Å²) in [6, 6.07) is 0. The van der Waals surface area contributed by atoms with Gasteiger partial charge in [-0.1, -0.05) is 6.42 Å². The fourth-order valence-electron chi connectivity index (χ4n) is 3.64. The van der Waals surface area contributed by atoms with Crippen molar-refractivity contribution in [1.82, 2.24) is 9.97 Å². The summed E-state index contributed by atoms with van der Waals surface area (Å²) in [5.74, 6) is 3.33. The van der Waals surface area contributed by atoms with Gasteiger partial charge in [0.25, 0.3) is 0 Å². The van der Waals surface area contributed by atoms with Gasteiger partial charge in [0.05, 0.1) is 6.10 Å². The Labute approximate surface area is 102 Å². The van der Waals surface area contributed by atoms with Gasteiger partial charge in [0.1, 0.15) is 5.82 Å². The molecule has 0 aliphatic heterocycles. The average Bonchev–Trinajstić information content (AvgIpc) is 2.89. The molecule has 4 atom stereocenters. The van der Waals surface area contributed by atoms with Gasteiger partial charge in [0.15, 0.2) is 0 Å². The second-order valence-corrected chi connectivity index (χ2v) is 5.73. The Morgan fingerprint density at radius 2 is 2.18 bits per heavy atom.